The number of rotatable bonds is 6. The molecule has 1 saturated carbocycles. The Hall–Kier alpha value is -3.26. The Labute approximate surface area is 183 Å². The van der Waals surface area contributed by atoms with E-state index >= 15 is 0 Å². The lowest BCUT2D eigenvalue weighted by molar-refractivity contribution is 0.0714. The van der Waals surface area contributed by atoms with Crippen LogP contribution in [0.2, 0.25) is 5.02 Å². The van der Waals surface area contributed by atoms with Crippen LogP contribution in [-0.4, -0.2) is 41.8 Å². The third kappa shape index (κ3) is 3.79. The highest BCUT2D eigenvalue weighted by molar-refractivity contribution is 6.33. The Kier molecular flexibility index (Phi) is 4.94. The molecule has 1 aliphatic rings. The van der Waals surface area contributed by atoms with E-state index in [1.165, 1.54) is 0 Å². The summed E-state index contributed by atoms with van der Waals surface area (Å²) in [5.41, 5.74) is 1.96. The van der Waals surface area contributed by atoms with Gasteiger partial charge in [-0.2, -0.15) is 5.10 Å². The molecule has 0 bridgehead atoms. The SMILES string of the molecule is CC(C)n1ncc2cc(C(=O)N(Cc3nnc(-c4ccccc4Cl)o3)C3CC3)cnc21. The van der Waals surface area contributed by atoms with Gasteiger partial charge in [0, 0.05) is 23.7 Å². The number of aromatic nitrogens is 5. The second-order valence-corrected chi connectivity index (χ2v) is 8.37. The van der Waals surface area contributed by atoms with Gasteiger partial charge >= 0.3 is 0 Å². The zero-order valence-corrected chi connectivity index (χ0v) is 18.0. The van der Waals surface area contributed by atoms with Crippen molar-refractivity contribution in [2.75, 3.05) is 0 Å². The number of hydrogen-bond acceptors (Lipinski definition) is 6. The summed E-state index contributed by atoms with van der Waals surface area (Å²) in [5, 5.41) is 14.0. The highest BCUT2D eigenvalue weighted by atomic mass is 35.5. The first-order chi connectivity index (χ1) is 15.0. The molecule has 0 saturated heterocycles. The third-order valence-electron chi connectivity index (χ3n) is 5.29. The predicted molar refractivity (Wildman–Crippen MR) is 116 cm³/mol. The minimum Gasteiger partial charge on any atom is -0.419 e. The molecule has 4 aromatic rings. The van der Waals surface area contributed by atoms with Crippen molar-refractivity contribution in [2.24, 2.45) is 0 Å². The number of nitrogens with zero attached hydrogens (tertiary/aromatic N) is 6. The van der Waals surface area contributed by atoms with Gasteiger partial charge in [0.2, 0.25) is 11.8 Å². The van der Waals surface area contributed by atoms with Crippen LogP contribution in [-0.2, 0) is 6.54 Å². The first-order valence-corrected chi connectivity index (χ1v) is 10.6. The van der Waals surface area contributed by atoms with Crippen molar-refractivity contribution in [1.82, 2.24) is 29.9 Å². The van der Waals surface area contributed by atoms with Crippen LogP contribution in [0.4, 0.5) is 0 Å². The molecule has 158 valence electrons. The van der Waals surface area contributed by atoms with E-state index < -0.39 is 0 Å². The third-order valence-corrected chi connectivity index (χ3v) is 5.62. The fourth-order valence-electron chi connectivity index (χ4n) is 3.56. The fraction of sp³-hybridized carbons (Fsp3) is 0.318. The maximum absolute atomic E-state index is 13.3. The van der Waals surface area contributed by atoms with Crippen LogP contribution >= 0.6 is 11.6 Å². The smallest absolute Gasteiger partial charge is 0.256 e. The average Bonchev–Trinajstić information content (AvgIpc) is 3.34. The number of benzene rings is 1. The molecule has 0 aliphatic heterocycles. The molecule has 1 aromatic carbocycles. The minimum absolute atomic E-state index is 0.105. The van der Waals surface area contributed by atoms with Crippen molar-refractivity contribution < 1.29 is 9.21 Å². The van der Waals surface area contributed by atoms with Crippen molar-refractivity contribution in [3.05, 3.63) is 59.2 Å². The summed E-state index contributed by atoms with van der Waals surface area (Å²) in [7, 11) is 0. The second kappa shape index (κ2) is 7.77. The van der Waals surface area contributed by atoms with Crippen molar-refractivity contribution in [2.45, 2.75) is 45.3 Å². The lowest BCUT2D eigenvalue weighted by atomic mass is 10.2. The normalized spacial score (nSPS) is 13.8. The van der Waals surface area contributed by atoms with Gasteiger partial charge in [0.05, 0.1) is 28.9 Å². The molecule has 8 nitrogen and oxygen atoms in total. The van der Waals surface area contributed by atoms with E-state index in [0.29, 0.717) is 27.9 Å². The van der Waals surface area contributed by atoms with E-state index in [1.807, 2.05) is 42.8 Å². The number of halogens is 1. The average molecular weight is 437 g/mol. The molecule has 3 heterocycles. The van der Waals surface area contributed by atoms with E-state index in [1.54, 1.807) is 23.4 Å². The number of fused-ring (bicyclic) bond motifs is 1. The summed E-state index contributed by atoms with van der Waals surface area (Å²) in [6, 6.07) is 9.49. The van der Waals surface area contributed by atoms with Crippen LogP contribution in [0, 0.1) is 0 Å². The predicted octanol–water partition coefficient (Wildman–Crippen LogP) is 4.52. The Bertz CT molecular complexity index is 1260. The standard InChI is InChI=1S/C22H21ClN6O2/c1-13(2)29-20-14(11-25-29)9-15(10-24-20)22(30)28(16-7-8-16)12-19-26-27-21(31-19)17-5-3-4-6-18(17)23/h3-6,9-11,13,16H,7-8,12H2,1-2H3. The molecule has 31 heavy (non-hydrogen) atoms. The topological polar surface area (TPSA) is 89.9 Å². The van der Waals surface area contributed by atoms with Crippen LogP contribution < -0.4 is 0 Å². The van der Waals surface area contributed by atoms with Gasteiger partial charge in [-0.1, -0.05) is 23.7 Å². The number of carbonyl (C=O) groups is 1. The fourth-order valence-corrected chi connectivity index (χ4v) is 3.78. The number of carbonyl (C=O) groups excluding carboxylic acids is 1. The van der Waals surface area contributed by atoms with Crippen molar-refractivity contribution in [1.29, 1.82) is 0 Å². The maximum atomic E-state index is 13.3. The largest absolute Gasteiger partial charge is 0.419 e. The van der Waals surface area contributed by atoms with E-state index in [0.717, 1.165) is 23.9 Å². The Morgan fingerprint density at radius 3 is 2.81 bits per heavy atom. The van der Waals surface area contributed by atoms with Crippen LogP contribution in [0.25, 0.3) is 22.5 Å². The molecule has 5 rings (SSSR count). The van der Waals surface area contributed by atoms with Gasteiger partial charge in [0.15, 0.2) is 5.65 Å². The van der Waals surface area contributed by atoms with Gasteiger partial charge in [-0.3, -0.25) is 4.79 Å². The zero-order chi connectivity index (χ0) is 21.5. The van der Waals surface area contributed by atoms with Crippen LogP contribution in [0.15, 0.2) is 47.1 Å². The van der Waals surface area contributed by atoms with E-state index in [-0.39, 0.29) is 24.5 Å². The summed E-state index contributed by atoms with van der Waals surface area (Å²) in [6.45, 7) is 4.33. The summed E-state index contributed by atoms with van der Waals surface area (Å²) >= 11 is 6.23. The molecule has 0 atom stereocenters. The maximum Gasteiger partial charge on any atom is 0.256 e. The van der Waals surface area contributed by atoms with Crippen LogP contribution in [0.1, 0.15) is 49.0 Å². The molecule has 3 aromatic heterocycles. The first-order valence-electron chi connectivity index (χ1n) is 10.2. The first kappa shape index (κ1) is 19.7. The molecule has 1 amide bonds. The van der Waals surface area contributed by atoms with Gasteiger partial charge in [-0.15, -0.1) is 10.2 Å². The second-order valence-electron chi connectivity index (χ2n) is 7.96. The molecular weight excluding hydrogens is 416 g/mol. The van der Waals surface area contributed by atoms with Gasteiger partial charge in [-0.05, 0) is 44.9 Å². The molecule has 0 N–H and O–H groups in total. The monoisotopic (exact) mass is 436 g/mol. The van der Waals surface area contributed by atoms with Crippen LogP contribution in [0.3, 0.4) is 0 Å². The van der Waals surface area contributed by atoms with E-state index in [4.69, 9.17) is 16.0 Å². The summed E-state index contributed by atoms with van der Waals surface area (Å²) < 4.78 is 7.66. The van der Waals surface area contributed by atoms with E-state index in [9.17, 15) is 4.79 Å². The molecule has 1 fully saturated rings. The Morgan fingerprint density at radius 2 is 2.06 bits per heavy atom. The Balaban J connectivity index is 1.40. The highest BCUT2D eigenvalue weighted by Crippen LogP contribution is 2.31. The van der Waals surface area contributed by atoms with Crippen LogP contribution in [0.5, 0.6) is 0 Å². The zero-order valence-electron chi connectivity index (χ0n) is 17.2. The molecule has 0 radical (unpaired) electrons. The summed E-state index contributed by atoms with van der Waals surface area (Å²) in [6.07, 6.45) is 5.27. The summed E-state index contributed by atoms with van der Waals surface area (Å²) in [4.78, 5) is 19.6. The van der Waals surface area contributed by atoms with Gasteiger partial charge in [-0.25, -0.2) is 9.67 Å². The molecule has 0 unspecified atom stereocenters. The van der Waals surface area contributed by atoms with Crippen molar-refractivity contribution >= 4 is 28.5 Å². The number of amides is 1. The van der Waals surface area contributed by atoms with Crippen molar-refractivity contribution in [3.63, 3.8) is 0 Å². The molecule has 0 spiro atoms. The highest BCUT2D eigenvalue weighted by Gasteiger charge is 2.34. The molecule has 9 heteroatoms. The lowest BCUT2D eigenvalue weighted by Gasteiger charge is -2.20. The van der Waals surface area contributed by atoms with Crippen molar-refractivity contribution in [3.8, 4) is 11.5 Å². The van der Waals surface area contributed by atoms with Gasteiger partial charge in [0.1, 0.15) is 0 Å². The number of pyridine rings is 1. The van der Waals surface area contributed by atoms with Gasteiger partial charge < -0.3 is 9.32 Å². The quantitative estimate of drug-likeness (QED) is 0.441. The lowest BCUT2D eigenvalue weighted by Crippen LogP contribution is -2.32. The Morgan fingerprint density at radius 1 is 1.26 bits per heavy atom. The molecular formula is C22H21ClN6O2. The van der Waals surface area contributed by atoms with Gasteiger partial charge in [0.25, 0.3) is 5.91 Å². The minimum atomic E-state index is -0.105. The summed E-state index contributed by atoms with van der Waals surface area (Å²) in [5.74, 6) is 0.608. The number of hydrogen-bond donors (Lipinski definition) is 0. The molecule has 1 aliphatic carbocycles. The van der Waals surface area contributed by atoms with E-state index in [2.05, 4.69) is 20.3 Å².